The van der Waals surface area contributed by atoms with Crippen LogP contribution in [0, 0.1) is 17.5 Å². The summed E-state index contributed by atoms with van der Waals surface area (Å²) in [4.78, 5) is 37.2. The maximum Gasteiger partial charge on any atom is 0.273 e. The highest BCUT2D eigenvalue weighted by Gasteiger charge is 2.19. The van der Waals surface area contributed by atoms with Crippen molar-refractivity contribution in [2.24, 2.45) is 0 Å². The molecule has 398 valence electrons. The molecule has 14 nitrogen and oxygen atoms in total. The first-order valence-electron chi connectivity index (χ1n) is 22.9. The topological polar surface area (TPSA) is 187 Å². The molecular formula is C59H54F3N9O5S2. The van der Waals surface area contributed by atoms with Gasteiger partial charge in [0.25, 0.3) is 5.91 Å². The van der Waals surface area contributed by atoms with Crippen molar-refractivity contribution in [3.63, 3.8) is 0 Å². The number of pyridine rings is 3. The molecule has 78 heavy (non-hydrogen) atoms. The number of aromatic hydroxyl groups is 1. The second kappa shape index (κ2) is 27.0. The van der Waals surface area contributed by atoms with Crippen LogP contribution in [-0.2, 0) is 24.1 Å². The summed E-state index contributed by atoms with van der Waals surface area (Å²) in [6, 6.07) is 40.6. The third-order valence-electron chi connectivity index (χ3n) is 11.4. The molecule has 6 aromatic carbocycles. The monoisotopic (exact) mass is 1090 g/mol. The van der Waals surface area contributed by atoms with Crippen LogP contribution < -0.4 is 20.3 Å². The van der Waals surface area contributed by atoms with Crippen LogP contribution in [0.15, 0.2) is 164 Å². The third-order valence-corrected chi connectivity index (χ3v) is 13.3. The number of hydrogen-bond acceptors (Lipinski definition) is 14. The van der Waals surface area contributed by atoms with Gasteiger partial charge in [-0.05, 0) is 89.5 Å². The van der Waals surface area contributed by atoms with Gasteiger partial charge in [0.2, 0.25) is 5.91 Å². The Labute approximate surface area is 456 Å². The fourth-order valence-corrected chi connectivity index (χ4v) is 9.54. The Morgan fingerprint density at radius 1 is 0.500 bits per heavy atom. The SMILES string of the molecule is C.C.C.COc1c(-c2nnc(Cc3ccc(F)cc3)s2)ccc2cccnc12.COc1c(C(=O)NNC(=O)Cc2ccc(F)cc2)ccc2cccnc12.Oc1c(-c2nnc(Cc3ccc(F)cc3)s2)ccc2cccnc12. The standard InChI is InChI=1S/C19H16FN3O3.C19H14FN3OS.C18H12FN3OS.3CH4/c1-26-18-15(9-6-13-3-2-10-21-17(13)18)19(25)23-22-16(24)11-12-4-7-14(20)8-5-12;1-24-18-15(9-6-13-3-2-10-21-17(13)18)19-23-22-16(25-19)11-12-4-7-14(20)8-5-12;19-13-6-3-11(4-7-13)10-15-21-22-18(24-15)14-8-5-12-2-1-9-20-16(12)17(14)23;;;/h2-10H,11H2,1H3,(H,22,24)(H,23,25);2-10H,11H2,1H3;1-9,23H,10H2;3*1H4. The van der Waals surface area contributed by atoms with Gasteiger partial charge in [-0.2, -0.15) is 0 Å². The van der Waals surface area contributed by atoms with Crippen molar-refractivity contribution in [3.05, 3.63) is 214 Å². The fourth-order valence-electron chi connectivity index (χ4n) is 7.75. The van der Waals surface area contributed by atoms with E-state index in [-0.39, 0.29) is 57.5 Å². The van der Waals surface area contributed by atoms with Crippen LogP contribution in [0.1, 0.15) is 59.3 Å². The molecule has 0 saturated carbocycles. The Balaban J connectivity index is 0.000000186. The molecule has 0 saturated heterocycles. The highest BCUT2D eigenvalue weighted by molar-refractivity contribution is 7.15. The number of benzene rings is 6. The summed E-state index contributed by atoms with van der Waals surface area (Å²) < 4.78 is 49.8. The van der Waals surface area contributed by atoms with Crippen molar-refractivity contribution in [3.8, 4) is 38.4 Å². The average Bonchev–Trinajstić information content (AvgIpc) is 4.20. The van der Waals surface area contributed by atoms with Crippen LogP contribution in [0.4, 0.5) is 13.2 Å². The predicted octanol–water partition coefficient (Wildman–Crippen LogP) is 13.0. The molecule has 0 fully saturated rings. The van der Waals surface area contributed by atoms with Crippen LogP contribution in [0.25, 0.3) is 53.9 Å². The summed E-state index contributed by atoms with van der Waals surface area (Å²) >= 11 is 2.90. The molecule has 0 radical (unpaired) electrons. The van der Waals surface area contributed by atoms with Gasteiger partial charge in [-0.15, -0.1) is 20.4 Å². The van der Waals surface area contributed by atoms with Gasteiger partial charge in [-0.1, -0.05) is 118 Å². The maximum absolute atomic E-state index is 13.0. The molecule has 11 aromatic rings. The number of ether oxygens (including phenoxy) is 2. The minimum Gasteiger partial charge on any atom is -0.505 e. The first kappa shape index (κ1) is 58.1. The number of hydrazine groups is 1. The molecule has 0 aliphatic rings. The molecule has 0 aliphatic heterocycles. The fraction of sp³-hybridized carbons (Fsp3) is 0.136. The van der Waals surface area contributed by atoms with Crippen molar-refractivity contribution in [2.75, 3.05) is 14.2 Å². The van der Waals surface area contributed by atoms with Gasteiger partial charge in [0.15, 0.2) is 27.3 Å². The van der Waals surface area contributed by atoms with E-state index in [0.717, 1.165) is 53.4 Å². The van der Waals surface area contributed by atoms with Crippen LogP contribution in [-0.4, -0.2) is 66.5 Å². The maximum atomic E-state index is 13.0. The summed E-state index contributed by atoms with van der Waals surface area (Å²) in [5.41, 5.74) is 10.9. The molecule has 3 N–H and O–H groups in total. The van der Waals surface area contributed by atoms with Gasteiger partial charge in [-0.25, -0.2) is 13.2 Å². The first-order chi connectivity index (χ1) is 36.5. The van der Waals surface area contributed by atoms with E-state index in [1.54, 1.807) is 68.2 Å². The van der Waals surface area contributed by atoms with Gasteiger partial charge in [0.1, 0.15) is 44.0 Å². The first-order valence-corrected chi connectivity index (χ1v) is 24.5. The van der Waals surface area contributed by atoms with Crippen molar-refractivity contribution < 1.29 is 37.3 Å². The molecule has 0 aliphatic carbocycles. The van der Waals surface area contributed by atoms with Crippen LogP contribution in [0.5, 0.6) is 17.2 Å². The second-order valence-electron chi connectivity index (χ2n) is 16.4. The zero-order valence-corrected chi connectivity index (χ0v) is 41.5. The Morgan fingerprint density at radius 3 is 1.42 bits per heavy atom. The van der Waals surface area contributed by atoms with Gasteiger partial charge in [-0.3, -0.25) is 35.4 Å². The lowest BCUT2D eigenvalue weighted by Gasteiger charge is -2.12. The Bertz CT molecular complexity index is 3790. The number of hydrogen-bond donors (Lipinski definition) is 3. The second-order valence-corrected chi connectivity index (χ2v) is 18.5. The number of phenols is 1. The third kappa shape index (κ3) is 14.0. The number of aromatic nitrogens is 7. The van der Waals surface area contributed by atoms with Crippen LogP contribution in [0.2, 0.25) is 0 Å². The van der Waals surface area contributed by atoms with Crippen molar-refractivity contribution in [1.82, 2.24) is 46.2 Å². The van der Waals surface area contributed by atoms with Gasteiger partial charge >= 0.3 is 0 Å². The Kier molecular flexibility index (Phi) is 20.1. The molecule has 5 heterocycles. The molecule has 11 rings (SSSR count). The lowest BCUT2D eigenvalue weighted by molar-refractivity contribution is -0.121. The number of fused-ring (bicyclic) bond motifs is 3. The normalized spacial score (nSPS) is 10.4. The molecule has 0 spiro atoms. The van der Waals surface area contributed by atoms with E-state index in [0.29, 0.717) is 51.5 Å². The van der Waals surface area contributed by atoms with Gasteiger partial charge < -0.3 is 14.6 Å². The predicted molar refractivity (Wildman–Crippen MR) is 302 cm³/mol. The van der Waals surface area contributed by atoms with Gasteiger partial charge in [0, 0.05) is 47.6 Å². The average molecular weight is 1090 g/mol. The van der Waals surface area contributed by atoms with Crippen molar-refractivity contribution in [1.29, 1.82) is 0 Å². The summed E-state index contributed by atoms with van der Waals surface area (Å²) in [5.74, 6) is -0.696. The highest BCUT2D eigenvalue weighted by Crippen LogP contribution is 2.38. The van der Waals surface area contributed by atoms with Crippen LogP contribution >= 0.6 is 22.7 Å². The number of nitrogens with zero attached hydrogens (tertiary/aromatic N) is 7. The molecule has 19 heteroatoms. The molecule has 0 bridgehead atoms. The quantitative estimate of drug-likeness (QED) is 0.104. The largest absolute Gasteiger partial charge is 0.505 e. The van der Waals surface area contributed by atoms with E-state index < -0.39 is 11.8 Å². The van der Waals surface area contributed by atoms with E-state index in [1.807, 2.05) is 54.6 Å². The molecule has 0 unspecified atom stereocenters. The number of carbonyl (C=O) groups is 2. The zero-order chi connectivity index (χ0) is 52.3. The number of rotatable bonds is 11. The smallest absolute Gasteiger partial charge is 0.273 e. The number of methoxy groups -OCH3 is 2. The van der Waals surface area contributed by atoms with Gasteiger partial charge in [0.05, 0.1) is 37.3 Å². The van der Waals surface area contributed by atoms with E-state index in [4.69, 9.17) is 9.47 Å². The minimum atomic E-state index is -0.526. The Hall–Kier alpha value is -9.20. The molecule has 5 aromatic heterocycles. The number of amides is 2. The molecule has 0 atom stereocenters. The highest BCUT2D eigenvalue weighted by atomic mass is 32.1. The Morgan fingerprint density at radius 2 is 0.923 bits per heavy atom. The summed E-state index contributed by atoms with van der Waals surface area (Å²) in [6.07, 6.45) is 6.20. The van der Waals surface area contributed by atoms with Crippen LogP contribution in [0.3, 0.4) is 0 Å². The lowest BCUT2D eigenvalue weighted by atomic mass is 10.1. The van der Waals surface area contributed by atoms with Crippen molar-refractivity contribution in [2.45, 2.75) is 41.5 Å². The van der Waals surface area contributed by atoms with E-state index in [2.05, 4.69) is 46.2 Å². The van der Waals surface area contributed by atoms with E-state index in [1.165, 1.54) is 78.3 Å². The zero-order valence-electron chi connectivity index (χ0n) is 39.9. The van der Waals surface area contributed by atoms with Crippen molar-refractivity contribution >= 4 is 67.2 Å². The number of phenolic OH excluding ortho intramolecular Hbond substituents is 1. The van der Waals surface area contributed by atoms with E-state index >= 15 is 0 Å². The summed E-state index contributed by atoms with van der Waals surface area (Å²) in [5, 5.41) is 33.2. The minimum absolute atomic E-state index is 0. The number of halogens is 3. The summed E-state index contributed by atoms with van der Waals surface area (Å²) in [6.45, 7) is 0. The molecule has 2 amide bonds. The number of nitrogens with one attached hydrogen (secondary N) is 2. The number of carbonyl (C=O) groups excluding carboxylic acids is 2. The molecular weight excluding hydrogens is 1040 g/mol. The summed E-state index contributed by atoms with van der Waals surface area (Å²) in [7, 11) is 3.08. The van der Waals surface area contributed by atoms with E-state index in [9.17, 15) is 27.9 Å². The lowest BCUT2D eigenvalue weighted by Crippen LogP contribution is -2.42.